The summed E-state index contributed by atoms with van der Waals surface area (Å²) in [6.07, 6.45) is 0. The lowest BCUT2D eigenvalue weighted by molar-refractivity contribution is -0.135. The van der Waals surface area contributed by atoms with Crippen LogP contribution in [-0.4, -0.2) is 73.3 Å². The van der Waals surface area contributed by atoms with Crippen LogP contribution in [0.2, 0.25) is 0 Å². The van der Waals surface area contributed by atoms with E-state index in [2.05, 4.69) is 0 Å². The lowest BCUT2D eigenvalue weighted by Crippen LogP contribution is -2.58. The van der Waals surface area contributed by atoms with Gasteiger partial charge in [-0.3, -0.25) is 14.5 Å². The van der Waals surface area contributed by atoms with Crippen molar-refractivity contribution in [1.29, 1.82) is 0 Å². The highest BCUT2D eigenvalue weighted by atomic mass is 16.2. The molecule has 0 bridgehead atoms. The van der Waals surface area contributed by atoms with E-state index >= 15 is 0 Å². The van der Waals surface area contributed by atoms with Gasteiger partial charge in [0.25, 0.3) is 5.91 Å². The molecule has 2 rings (SSSR count). The second-order valence-corrected chi connectivity index (χ2v) is 5.85. The van der Waals surface area contributed by atoms with Gasteiger partial charge in [-0.25, -0.2) is 0 Å². The Hall–Kier alpha value is -1.88. The van der Waals surface area contributed by atoms with Gasteiger partial charge in [-0.15, -0.1) is 0 Å². The van der Waals surface area contributed by atoms with Crippen molar-refractivity contribution < 1.29 is 9.59 Å². The van der Waals surface area contributed by atoms with Crippen LogP contribution in [0.25, 0.3) is 0 Å². The predicted molar refractivity (Wildman–Crippen MR) is 82.2 cm³/mol. The van der Waals surface area contributed by atoms with Crippen molar-refractivity contribution in [3.63, 3.8) is 0 Å². The van der Waals surface area contributed by atoms with Crippen molar-refractivity contribution in [2.45, 2.75) is 13.0 Å². The van der Waals surface area contributed by atoms with Crippen LogP contribution in [-0.2, 0) is 4.79 Å². The molecule has 21 heavy (non-hydrogen) atoms. The molecule has 2 amide bonds. The Kier molecular flexibility index (Phi) is 4.63. The summed E-state index contributed by atoms with van der Waals surface area (Å²) in [4.78, 5) is 30.1. The number of carbonyl (C=O) groups is 2. The molecule has 0 radical (unpaired) electrons. The summed E-state index contributed by atoms with van der Waals surface area (Å²) in [6, 6.07) is 7.30. The smallest absolute Gasteiger partial charge is 0.253 e. The number of likely N-dealkylation sites (N-methyl/N-ethyl adjacent to an activating group) is 2. The normalized spacial score (nSPS) is 19.4. The van der Waals surface area contributed by atoms with Crippen LogP contribution in [0.3, 0.4) is 0 Å². The fourth-order valence-electron chi connectivity index (χ4n) is 2.50. The molecule has 1 atom stereocenters. The van der Waals surface area contributed by atoms with Gasteiger partial charge in [0.05, 0.1) is 0 Å². The van der Waals surface area contributed by atoms with Gasteiger partial charge in [0.2, 0.25) is 5.91 Å². The van der Waals surface area contributed by atoms with Crippen molar-refractivity contribution >= 4 is 11.8 Å². The Bertz CT molecular complexity index is 525. The SMILES string of the molecule is Cc1ccc(C(=O)N2CCN(C)C(C(=O)N(C)C)C2)cc1. The van der Waals surface area contributed by atoms with E-state index in [0.717, 1.165) is 5.56 Å². The standard InChI is InChI=1S/C16H23N3O2/c1-12-5-7-13(8-6-12)15(20)19-10-9-18(4)14(11-19)16(21)17(2)3/h5-8,14H,9-11H2,1-4H3. The van der Waals surface area contributed by atoms with Crippen LogP contribution < -0.4 is 0 Å². The number of nitrogens with zero attached hydrogens (tertiary/aromatic N) is 3. The molecular formula is C16H23N3O2. The number of rotatable bonds is 2. The highest BCUT2D eigenvalue weighted by molar-refractivity contribution is 5.95. The summed E-state index contributed by atoms with van der Waals surface area (Å²) in [5.74, 6) is 0.0403. The summed E-state index contributed by atoms with van der Waals surface area (Å²) < 4.78 is 0. The van der Waals surface area contributed by atoms with Gasteiger partial charge in [-0.05, 0) is 26.1 Å². The van der Waals surface area contributed by atoms with E-state index in [1.165, 1.54) is 0 Å². The van der Waals surface area contributed by atoms with Gasteiger partial charge in [-0.2, -0.15) is 0 Å². The number of aryl methyl sites for hydroxylation is 1. The zero-order valence-corrected chi connectivity index (χ0v) is 13.2. The topological polar surface area (TPSA) is 43.9 Å². The molecule has 5 heteroatoms. The number of carbonyl (C=O) groups excluding carboxylic acids is 2. The van der Waals surface area contributed by atoms with Crippen LogP contribution in [0.4, 0.5) is 0 Å². The predicted octanol–water partition coefficient (Wildman–Crippen LogP) is 0.839. The molecule has 0 N–H and O–H groups in total. The first kappa shape index (κ1) is 15.5. The lowest BCUT2D eigenvalue weighted by Gasteiger charge is -2.39. The van der Waals surface area contributed by atoms with Gasteiger partial charge in [0, 0.05) is 39.3 Å². The number of piperazine rings is 1. The van der Waals surface area contributed by atoms with E-state index in [0.29, 0.717) is 25.2 Å². The molecule has 0 spiro atoms. The number of benzene rings is 1. The first-order valence-corrected chi connectivity index (χ1v) is 7.17. The molecule has 1 aliphatic rings. The van der Waals surface area contributed by atoms with Crippen molar-refractivity contribution in [2.75, 3.05) is 40.8 Å². The zero-order chi connectivity index (χ0) is 15.6. The Morgan fingerprint density at radius 3 is 2.33 bits per heavy atom. The van der Waals surface area contributed by atoms with Gasteiger partial charge in [0.15, 0.2) is 0 Å². The Balaban J connectivity index is 2.12. The van der Waals surface area contributed by atoms with E-state index in [1.54, 1.807) is 23.9 Å². The first-order valence-electron chi connectivity index (χ1n) is 7.17. The Morgan fingerprint density at radius 1 is 1.14 bits per heavy atom. The molecule has 5 nitrogen and oxygen atoms in total. The fourth-order valence-corrected chi connectivity index (χ4v) is 2.50. The Labute approximate surface area is 126 Å². The molecule has 1 fully saturated rings. The lowest BCUT2D eigenvalue weighted by atomic mass is 10.1. The monoisotopic (exact) mass is 289 g/mol. The Morgan fingerprint density at radius 2 is 1.76 bits per heavy atom. The number of hydrogen-bond donors (Lipinski definition) is 0. The molecule has 0 saturated carbocycles. The maximum atomic E-state index is 12.5. The second-order valence-electron chi connectivity index (χ2n) is 5.85. The van der Waals surface area contributed by atoms with Crippen molar-refractivity contribution in [3.05, 3.63) is 35.4 Å². The van der Waals surface area contributed by atoms with E-state index in [-0.39, 0.29) is 17.9 Å². The van der Waals surface area contributed by atoms with Gasteiger partial charge in [-0.1, -0.05) is 17.7 Å². The average Bonchev–Trinajstić information content (AvgIpc) is 2.47. The molecule has 0 aromatic heterocycles. The number of hydrogen-bond acceptors (Lipinski definition) is 3. The maximum absolute atomic E-state index is 12.5. The molecule has 1 saturated heterocycles. The third-order valence-corrected chi connectivity index (χ3v) is 3.96. The molecule has 1 unspecified atom stereocenters. The van der Waals surface area contributed by atoms with Gasteiger partial charge < -0.3 is 9.80 Å². The fraction of sp³-hybridized carbons (Fsp3) is 0.500. The highest BCUT2D eigenvalue weighted by Crippen LogP contribution is 2.14. The quantitative estimate of drug-likeness (QED) is 0.810. The van der Waals surface area contributed by atoms with Crippen LogP contribution in [0, 0.1) is 6.92 Å². The summed E-state index contributed by atoms with van der Waals surface area (Å²) in [7, 11) is 5.42. The van der Waals surface area contributed by atoms with Gasteiger partial charge >= 0.3 is 0 Å². The van der Waals surface area contributed by atoms with Crippen molar-refractivity contribution in [2.24, 2.45) is 0 Å². The second kappa shape index (κ2) is 6.26. The van der Waals surface area contributed by atoms with E-state index < -0.39 is 0 Å². The van der Waals surface area contributed by atoms with E-state index in [1.807, 2.05) is 43.1 Å². The summed E-state index contributed by atoms with van der Waals surface area (Å²) >= 11 is 0. The molecule has 1 aromatic rings. The first-order chi connectivity index (χ1) is 9.90. The zero-order valence-electron chi connectivity index (χ0n) is 13.2. The van der Waals surface area contributed by atoms with Crippen LogP contribution in [0.15, 0.2) is 24.3 Å². The van der Waals surface area contributed by atoms with Crippen molar-refractivity contribution in [1.82, 2.24) is 14.7 Å². The van der Waals surface area contributed by atoms with Crippen LogP contribution in [0.5, 0.6) is 0 Å². The molecule has 1 aromatic carbocycles. The molecular weight excluding hydrogens is 266 g/mol. The van der Waals surface area contributed by atoms with Gasteiger partial charge in [0.1, 0.15) is 6.04 Å². The minimum atomic E-state index is -0.261. The van der Waals surface area contributed by atoms with Crippen molar-refractivity contribution in [3.8, 4) is 0 Å². The largest absolute Gasteiger partial charge is 0.347 e. The minimum Gasteiger partial charge on any atom is -0.347 e. The highest BCUT2D eigenvalue weighted by Gasteiger charge is 2.33. The van der Waals surface area contributed by atoms with Crippen LogP contribution in [0.1, 0.15) is 15.9 Å². The summed E-state index contributed by atoms with van der Waals surface area (Å²) in [5, 5.41) is 0. The molecule has 1 heterocycles. The third kappa shape index (κ3) is 3.42. The number of amides is 2. The molecule has 114 valence electrons. The molecule has 1 aliphatic heterocycles. The summed E-state index contributed by atoms with van der Waals surface area (Å²) in [6.45, 7) is 3.80. The van der Waals surface area contributed by atoms with Crippen LogP contribution >= 0.6 is 0 Å². The minimum absolute atomic E-state index is 0.000318. The summed E-state index contributed by atoms with van der Waals surface area (Å²) in [5.41, 5.74) is 1.81. The third-order valence-electron chi connectivity index (χ3n) is 3.96. The molecule has 0 aliphatic carbocycles. The average molecular weight is 289 g/mol. The van der Waals surface area contributed by atoms with E-state index in [9.17, 15) is 9.59 Å². The maximum Gasteiger partial charge on any atom is 0.253 e. The van der Waals surface area contributed by atoms with E-state index in [4.69, 9.17) is 0 Å².